The number of aryl methyl sites for hydroxylation is 1. The minimum absolute atomic E-state index is 0.161. The van der Waals surface area contributed by atoms with Crippen LogP contribution in [-0.2, 0) is 6.54 Å². The van der Waals surface area contributed by atoms with Gasteiger partial charge in [0.2, 0.25) is 0 Å². The molecule has 1 nitrogen and oxygen atoms in total. The summed E-state index contributed by atoms with van der Waals surface area (Å²) in [4.78, 5) is 0. The average molecular weight is 228 g/mol. The van der Waals surface area contributed by atoms with Crippen molar-refractivity contribution in [3.05, 3.63) is 71.9 Å². The van der Waals surface area contributed by atoms with Crippen LogP contribution in [0.4, 0.5) is 10.1 Å². The van der Waals surface area contributed by atoms with Gasteiger partial charge in [-0.25, -0.2) is 4.39 Å². The fourth-order valence-electron chi connectivity index (χ4n) is 1.71. The van der Waals surface area contributed by atoms with E-state index in [1.54, 1.807) is 13.0 Å². The van der Waals surface area contributed by atoms with Gasteiger partial charge in [0, 0.05) is 12.2 Å². The molecule has 0 bridgehead atoms. The lowest BCUT2D eigenvalue weighted by molar-refractivity contribution is 0.617. The van der Waals surface area contributed by atoms with E-state index in [0.29, 0.717) is 12.1 Å². The van der Waals surface area contributed by atoms with Gasteiger partial charge in [-0.3, -0.25) is 0 Å². The summed E-state index contributed by atoms with van der Waals surface area (Å²) in [6.45, 7) is 6.39. The first-order valence-electron chi connectivity index (χ1n) is 5.57. The van der Waals surface area contributed by atoms with E-state index in [2.05, 4.69) is 12.2 Å². The van der Waals surface area contributed by atoms with Gasteiger partial charge in [-0.2, -0.15) is 0 Å². The molecule has 0 aliphatic heterocycles. The summed E-state index contributed by atoms with van der Waals surface area (Å²) in [5.41, 5.74) is 3.71. The molecule has 0 saturated carbocycles. The molecule has 87 valence electrons. The number of nitrogens with one attached hydrogen (secondary N) is 1. The molecule has 2 aromatic rings. The van der Waals surface area contributed by atoms with Gasteiger partial charge in [0.25, 0.3) is 0 Å². The average Bonchev–Trinajstić information content (AvgIpc) is 2.32. The monoisotopic (exact) mass is 228 g/mol. The standard InChI is InChI=1S/C15H15FN/c1-11-5-3-4-6-15(11)17-10-13-7-8-14(16)12(2)9-13/h3-9,17H,1,10H2,2H3. The van der Waals surface area contributed by atoms with Crippen LogP contribution in [0.2, 0.25) is 0 Å². The molecule has 17 heavy (non-hydrogen) atoms. The molecule has 0 aliphatic rings. The smallest absolute Gasteiger partial charge is 0.126 e. The molecular formula is C15H15FN. The van der Waals surface area contributed by atoms with Crippen molar-refractivity contribution in [2.45, 2.75) is 13.5 Å². The van der Waals surface area contributed by atoms with E-state index < -0.39 is 0 Å². The first kappa shape index (κ1) is 11.6. The number of rotatable bonds is 3. The van der Waals surface area contributed by atoms with E-state index in [0.717, 1.165) is 16.8 Å². The summed E-state index contributed by atoms with van der Waals surface area (Å²) in [6.07, 6.45) is 0. The Morgan fingerprint density at radius 1 is 1.18 bits per heavy atom. The number of hydrogen-bond acceptors (Lipinski definition) is 1. The van der Waals surface area contributed by atoms with Crippen LogP contribution >= 0.6 is 0 Å². The van der Waals surface area contributed by atoms with Gasteiger partial charge in [0.15, 0.2) is 0 Å². The number of halogens is 1. The lowest BCUT2D eigenvalue weighted by Gasteiger charge is -2.09. The van der Waals surface area contributed by atoms with Crippen molar-refractivity contribution in [2.75, 3.05) is 5.32 Å². The zero-order chi connectivity index (χ0) is 12.3. The molecule has 2 aromatic carbocycles. The van der Waals surface area contributed by atoms with Crippen molar-refractivity contribution in [1.29, 1.82) is 0 Å². The van der Waals surface area contributed by atoms with E-state index in [1.807, 2.05) is 30.3 Å². The first-order valence-corrected chi connectivity index (χ1v) is 5.57. The SMILES string of the molecule is [CH2]c1ccccc1NCc1ccc(F)c(C)c1. The molecule has 0 aliphatic carbocycles. The van der Waals surface area contributed by atoms with Gasteiger partial charge >= 0.3 is 0 Å². The number of benzene rings is 2. The summed E-state index contributed by atoms with van der Waals surface area (Å²) in [5, 5.41) is 3.29. The molecule has 0 fully saturated rings. The highest BCUT2D eigenvalue weighted by atomic mass is 19.1. The maximum Gasteiger partial charge on any atom is 0.126 e. The van der Waals surface area contributed by atoms with E-state index in [9.17, 15) is 4.39 Å². The highest BCUT2D eigenvalue weighted by Crippen LogP contribution is 2.15. The van der Waals surface area contributed by atoms with E-state index in [1.165, 1.54) is 6.07 Å². The number of para-hydroxylation sites is 1. The second-order valence-corrected chi connectivity index (χ2v) is 4.09. The molecule has 0 unspecified atom stereocenters. The third-order valence-corrected chi connectivity index (χ3v) is 2.72. The number of hydrogen-bond donors (Lipinski definition) is 1. The van der Waals surface area contributed by atoms with Crippen molar-refractivity contribution >= 4 is 5.69 Å². The highest BCUT2D eigenvalue weighted by Gasteiger charge is 2.00. The predicted octanol–water partition coefficient (Wildman–Crippen LogP) is 3.93. The van der Waals surface area contributed by atoms with Gasteiger partial charge in [0.1, 0.15) is 5.82 Å². The first-order chi connectivity index (χ1) is 8.16. The van der Waals surface area contributed by atoms with Crippen LogP contribution in [0.3, 0.4) is 0 Å². The van der Waals surface area contributed by atoms with Crippen LogP contribution in [0.5, 0.6) is 0 Å². The normalized spacial score (nSPS) is 10.3. The molecule has 0 saturated heterocycles. The van der Waals surface area contributed by atoms with Crippen LogP contribution < -0.4 is 5.32 Å². The third-order valence-electron chi connectivity index (χ3n) is 2.72. The second-order valence-electron chi connectivity index (χ2n) is 4.09. The lowest BCUT2D eigenvalue weighted by Crippen LogP contribution is -2.01. The predicted molar refractivity (Wildman–Crippen MR) is 69.4 cm³/mol. The molecule has 0 aromatic heterocycles. The lowest BCUT2D eigenvalue weighted by atomic mass is 10.1. The number of anilines is 1. The second kappa shape index (κ2) is 5.00. The Balaban J connectivity index is 2.08. The van der Waals surface area contributed by atoms with E-state index in [-0.39, 0.29) is 5.82 Å². The highest BCUT2D eigenvalue weighted by molar-refractivity contribution is 5.52. The molecular weight excluding hydrogens is 213 g/mol. The van der Waals surface area contributed by atoms with Crippen molar-refractivity contribution in [2.24, 2.45) is 0 Å². The Morgan fingerprint density at radius 3 is 2.65 bits per heavy atom. The van der Waals surface area contributed by atoms with E-state index >= 15 is 0 Å². The van der Waals surface area contributed by atoms with Crippen LogP contribution in [0, 0.1) is 19.7 Å². The Morgan fingerprint density at radius 2 is 1.94 bits per heavy atom. The van der Waals surface area contributed by atoms with Crippen LogP contribution in [-0.4, -0.2) is 0 Å². The molecule has 0 amide bonds. The molecule has 0 heterocycles. The molecule has 2 heteroatoms. The molecule has 0 spiro atoms. The van der Waals surface area contributed by atoms with E-state index in [4.69, 9.17) is 0 Å². The zero-order valence-corrected chi connectivity index (χ0v) is 9.83. The minimum atomic E-state index is -0.161. The summed E-state index contributed by atoms with van der Waals surface area (Å²) >= 11 is 0. The van der Waals surface area contributed by atoms with Crippen LogP contribution in [0.15, 0.2) is 42.5 Å². The maximum atomic E-state index is 13.1. The summed E-state index contributed by atoms with van der Waals surface area (Å²) in [6, 6.07) is 13.0. The van der Waals surface area contributed by atoms with Crippen molar-refractivity contribution in [3.8, 4) is 0 Å². The molecule has 1 N–H and O–H groups in total. The maximum absolute atomic E-state index is 13.1. The fraction of sp³-hybridized carbons (Fsp3) is 0.133. The molecule has 1 radical (unpaired) electrons. The van der Waals surface area contributed by atoms with Crippen molar-refractivity contribution in [1.82, 2.24) is 0 Å². The summed E-state index contributed by atoms with van der Waals surface area (Å²) < 4.78 is 13.1. The quantitative estimate of drug-likeness (QED) is 0.839. The third kappa shape index (κ3) is 2.84. The summed E-state index contributed by atoms with van der Waals surface area (Å²) in [7, 11) is 0. The molecule has 2 rings (SSSR count). The Labute approximate surface area is 101 Å². The fourth-order valence-corrected chi connectivity index (χ4v) is 1.71. The van der Waals surface area contributed by atoms with Crippen molar-refractivity contribution < 1.29 is 4.39 Å². The van der Waals surface area contributed by atoms with Crippen LogP contribution in [0.1, 0.15) is 16.7 Å². The Kier molecular flexibility index (Phi) is 3.43. The Hall–Kier alpha value is -1.83. The van der Waals surface area contributed by atoms with Gasteiger partial charge in [-0.05, 0) is 42.7 Å². The molecule has 0 atom stereocenters. The van der Waals surface area contributed by atoms with Gasteiger partial charge in [-0.1, -0.05) is 30.3 Å². The van der Waals surface area contributed by atoms with Gasteiger partial charge in [0.05, 0.1) is 0 Å². The summed E-state index contributed by atoms with van der Waals surface area (Å²) in [5.74, 6) is -0.161. The topological polar surface area (TPSA) is 12.0 Å². The van der Waals surface area contributed by atoms with Crippen LogP contribution in [0.25, 0.3) is 0 Å². The minimum Gasteiger partial charge on any atom is -0.381 e. The Bertz CT molecular complexity index is 520. The largest absolute Gasteiger partial charge is 0.381 e. The zero-order valence-electron chi connectivity index (χ0n) is 9.83. The van der Waals surface area contributed by atoms with Gasteiger partial charge in [-0.15, -0.1) is 0 Å². The van der Waals surface area contributed by atoms with Crippen molar-refractivity contribution in [3.63, 3.8) is 0 Å². The van der Waals surface area contributed by atoms with Gasteiger partial charge < -0.3 is 5.32 Å².